The lowest BCUT2D eigenvalue weighted by atomic mass is 9.98. The molecular formula is C21H22N2O6. The number of carbonyl (C=O) groups excluding carboxylic acids is 2. The van der Waals surface area contributed by atoms with E-state index in [2.05, 4.69) is 5.32 Å². The van der Waals surface area contributed by atoms with Crippen LogP contribution in [0.1, 0.15) is 30.9 Å². The van der Waals surface area contributed by atoms with Crippen LogP contribution in [-0.2, 0) is 19.2 Å². The van der Waals surface area contributed by atoms with Crippen molar-refractivity contribution in [1.82, 2.24) is 10.8 Å². The fourth-order valence-corrected chi connectivity index (χ4v) is 3.17. The molecule has 152 valence electrons. The van der Waals surface area contributed by atoms with Gasteiger partial charge in [0.25, 0.3) is 5.91 Å². The highest BCUT2D eigenvalue weighted by molar-refractivity contribution is 5.85. The number of carbonyl (C=O) groups is 3. The molecule has 3 rings (SSSR count). The van der Waals surface area contributed by atoms with E-state index in [1.54, 1.807) is 0 Å². The predicted molar refractivity (Wildman–Crippen MR) is 104 cm³/mol. The van der Waals surface area contributed by atoms with E-state index in [-0.39, 0.29) is 12.5 Å². The van der Waals surface area contributed by atoms with Gasteiger partial charge in [0.05, 0.1) is 0 Å². The van der Waals surface area contributed by atoms with E-state index >= 15 is 0 Å². The zero-order valence-electron chi connectivity index (χ0n) is 16.0. The summed E-state index contributed by atoms with van der Waals surface area (Å²) < 4.78 is 5.36. The molecule has 0 spiro atoms. The Labute approximate surface area is 167 Å². The van der Waals surface area contributed by atoms with Crippen molar-refractivity contribution < 1.29 is 29.1 Å². The molecule has 0 radical (unpaired) electrons. The van der Waals surface area contributed by atoms with Gasteiger partial charge in [-0.15, -0.1) is 0 Å². The van der Waals surface area contributed by atoms with Gasteiger partial charge in [-0.1, -0.05) is 48.5 Å². The molecule has 8 heteroatoms. The van der Waals surface area contributed by atoms with E-state index in [1.807, 2.05) is 54.0 Å². The molecule has 0 saturated carbocycles. The number of carboxylic acids is 1. The standard InChI is InChI=1S/C21H22N2O6/c1-12(19(24)23-29-13(2)20(25)26)22-21(27)28-11-18-16-9-5-3-7-14(16)15-8-4-6-10-17(15)18/h3-10,12-13,18H,11H2,1-2H3,(H,22,27)(H,23,24)(H,25,26)/t12-,13?/m0/s1. The number of hydroxylamine groups is 1. The van der Waals surface area contributed by atoms with Gasteiger partial charge < -0.3 is 15.2 Å². The molecule has 0 aliphatic heterocycles. The van der Waals surface area contributed by atoms with Crippen LogP contribution in [0.4, 0.5) is 4.79 Å². The second kappa shape index (κ2) is 8.74. The Bertz CT molecular complexity index is 883. The molecular weight excluding hydrogens is 376 g/mol. The number of benzene rings is 2. The van der Waals surface area contributed by atoms with Crippen LogP contribution in [0.5, 0.6) is 0 Å². The van der Waals surface area contributed by atoms with Gasteiger partial charge in [0.2, 0.25) is 0 Å². The molecule has 0 saturated heterocycles. The minimum absolute atomic E-state index is 0.0861. The number of hydrogen-bond donors (Lipinski definition) is 3. The first-order valence-electron chi connectivity index (χ1n) is 9.18. The van der Waals surface area contributed by atoms with Crippen molar-refractivity contribution in [1.29, 1.82) is 0 Å². The van der Waals surface area contributed by atoms with E-state index < -0.39 is 30.1 Å². The van der Waals surface area contributed by atoms with Gasteiger partial charge in [-0.3, -0.25) is 9.63 Å². The molecule has 8 nitrogen and oxygen atoms in total. The third-order valence-corrected chi connectivity index (χ3v) is 4.76. The lowest BCUT2D eigenvalue weighted by Crippen LogP contribution is -2.46. The van der Waals surface area contributed by atoms with Crippen LogP contribution < -0.4 is 10.8 Å². The smallest absolute Gasteiger partial charge is 0.407 e. The number of fused-ring (bicyclic) bond motifs is 3. The maximum atomic E-state index is 12.1. The number of carboxylic acid groups (broad SMARTS) is 1. The highest BCUT2D eigenvalue weighted by atomic mass is 16.7. The zero-order chi connectivity index (χ0) is 21.0. The predicted octanol–water partition coefficient (Wildman–Crippen LogP) is 2.43. The molecule has 29 heavy (non-hydrogen) atoms. The molecule has 0 aromatic heterocycles. The molecule has 0 fully saturated rings. The summed E-state index contributed by atoms with van der Waals surface area (Å²) in [5.41, 5.74) is 6.41. The largest absolute Gasteiger partial charge is 0.479 e. The molecule has 1 unspecified atom stereocenters. The second-order valence-electron chi connectivity index (χ2n) is 6.76. The molecule has 0 heterocycles. The first kappa shape index (κ1) is 20.3. The topological polar surface area (TPSA) is 114 Å². The first-order chi connectivity index (χ1) is 13.9. The van der Waals surface area contributed by atoms with E-state index in [4.69, 9.17) is 14.7 Å². The fourth-order valence-electron chi connectivity index (χ4n) is 3.17. The van der Waals surface area contributed by atoms with Crippen LogP contribution >= 0.6 is 0 Å². The van der Waals surface area contributed by atoms with Gasteiger partial charge in [0.15, 0.2) is 6.10 Å². The Kier molecular flexibility index (Phi) is 6.13. The van der Waals surface area contributed by atoms with Crippen molar-refractivity contribution in [2.45, 2.75) is 31.9 Å². The van der Waals surface area contributed by atoms with Crippen LogP contribution in [0.2, 0.25) is 0 Å². The van der Waals surface area contributed by atoms with Gasteiger partial charge in [-0.25, -0.2) is 15.1 Å². The highest BCUT2D eigenvalue weighted by Crippen LogP contribution is 2.44. The number of aliphatic carboxylic acids is 1. The summed E-state index contributed by atoms with van der Waals surface area (Å²) in [4.78, 5) is 39.4. The van der Waals surface area contributed by atoms with Crippen LogP contribution in [0.15, 0.2) is 48.5 Å². The molecule has 0 bridgehead atoms. The van der Waals surface area contributed by atoms with Crippen LogP contribution in [0.25, 0.3) is 11.1 Å². The average Bonchev–Trinajstić information content (AvgIpc) is 3.04. The SMILES string of the molecule is CC(ONC(=O)[C@H](C)NC(=O)OCC1c2ccccc2-c2ccccc21)C(=O)O. The average molecular weight is 398 g/mol. The van der Waals surface area contributed by atoms with Crippen LogP contribution in [0.3, 0.4) is 0 Å². The fraction of sp³-hybridized carbons (Fsp3) is 0.286. The minimum Gasteiger partial charge on any atom is -0.479 e. The Hall–Kier alpha value is -3.39. The maximum Gasteiger partial charge on any atom is 0.407 e. The first-order valence-corrected chi connectivity index (χ1v) is 9.18. The van der Waals surface area contributed by atoms with E-state index in [0.29, 0.717) is 0 Å². The van der Waals surface area contributed by atoms with Crippen molar-refractivity contribution in [3.63, 3.8) is 0 Å². The van der Waals surface area contributed by atoms with E-state index in [0.717, 1.165) is 22.3 Å². The highest BCUT2D eigenvalue weighted by Gasteiger charge is 2.29. The lowest BCUT2D eigenvalue weighted by molar-refractivity contribution is -0.159. The van der Waals surface area contributed by atoms with E-state index in [1.165, 1.54) is 13.8 Å². The second-order valence-corrected chi connectivity index (χ2v) is 6.76. The van der Waals surface area contributed by atoms with Crippen molar-refractivity contribution in [3.8, 4) is 11.1 Å². The molecule has 2 atom stereocenters. The Morgan fingerprint density at radius 2 is 1.55 bits per heavy atom. The Balaban J connectivity index is 1.56. The number of hydrogen-bond acceptors (Lipinski definition) is 5. The van der Waals surface area contributed by atoms with Crippen molar-refractivity contribution in [2.24, 2.45) is 0 Å². The Morgan fingerprint density at radius 3 is 2.10 bits per heavy atom. The minimum atomic E-state index is -1.22. The van der Waals surface area contributed by atoms with Gasteiger partial charge in [-0.2, -0.15) is 0 Å². The quantitative estimate of drug-likeness (QED) is 0.617. The van der Waals surface area contributed by atoms with Gasteiger partial charge in [-0.05, 0) is 36.1 Å². The van der Waals surface area contributed by atoms with E-state index in [9.17, 15) is 14.4 Å². The number of ether oxygens (including phenoxy) is 1. The molecule has 2 aromatic carbocycles. The number of amides is 2. The molecule has 2 amide bonds. The van der Waals surface area contributed by atoms with Crippen LogP contribution in [-0.4, -0.2) is 41.8 Å². The lowest BCUT2D eigenvalue weighted by Gasteiger charge is -2.17. The summed E-state index contributed by atoms with van der Waals surface area (Å²) in [5.74, 6) is -1.99. The number of nitrogens with one attached hydrogen (secondary N) is 2. The third kappa shape index (κ3) is 4.55. The summed E-state index contributed by atoms with van der Waals surface area (Å²) in [7, 11) is 0. The summed E-state index contributed by atoms with van der Waals surface area (Å²) in [5, 5.41) is 11.1. The molecule has 2 aromatic rings. The van der Waals surface area contributed by atoms with Gasteiger partial charge >= 0.3 is 12.1 Å². The van der Waals surface area contributed by atoms with Crippen molar-refractivity contribution in [3.05, 3.63) is 59.7 Å². The molecule has 1 aliphatic carbocycles. The monoisotopic (exact) mass is 398 g/mol. The maximum absolute atomic E-state index is 12.1. The number of rotatable bonds is 7. The van der Waals surface area contributed by atoms with Crippen molar-refractivity contribution in [2.75, 3.05) is 6.61 Å². The third-order valence-electron chi connectivity index (χ3n) is 4.76. The summed E-state index contributed by atoms with van der Waals surface area (Å²) in [6.07, 6.45) is -1.96. The normalized spacial score (nSPS) is 14.3. The summed E-state index contributed by atoms with van der Waals surface area (Å²) in [6, 6.07) is 15.0. The molecule has 3 N–H and O–H groups in total. The summed E-state index contributed by atoms with van der Waals surface area (Å²) >= 11 is 0. The van der Waals surface area contributed by atoms with Crippen molar-refractivity contribution >= 4 is 18.0 Å². The molecule has 1 aliphatic rings. The summed E-state index contributed by atoms with van der Waals surface area (Å²) in [6.45, 7) is 2.83. The number of alkyl carbamates (subject to hydrolysis) is 1. The van der Waals surface area contributed by atoms with Gasteiger partial charge in [0, 0.05) is 5.92 Å². The zero-order valence-corrected chi connectivity index (χ0v) is 16.0. The van der Waals surface area contributed by atoms with Gasteiger partial charge in [0.1, 0.15) is 12.6 Å². The van der Waals surface area contributed by atoms with Crippen LogP contribution in [0, 0.1) is 0 Å². The Morgan fingerprint density at radius 1 is 1.00 bits per heavy atom.